The number of hydrogen-bond acceptors (Lipinski definition) is 3. The Balaban J connectivity index is 1.66. The molecule has 0 atom stereocenters. The van der Waals surface area contributed by atoms with E-state index < -0.39 is 32.4 Å². The van der Waals surface area contributed by atoms with Gasteiger partial charge in [0, 0.05) is 5.54 Å². The van der Waals surface area contributed by atoms with Crippen molar-refractivity contribution >= 4 is 21.6 Å². The number of carbonyl (C=O) groups excluding carboxylic acids is 1. The van der Waals surface area contributed by atoms with Crippen molar-refractivity contribution in [1.29, 1.82) is 0 Å². The highest BCUT2D eigenvalue weighted by Crippen LogP contribution is 2.57. The summed E-state index contributed by atoms with van der Waals surface area (Å²) in [7, 11) is -3.88. The summed E-state index contributed by atoms with van der Waals surface area (Å²) in [5, 5.41) is 2.86. The summed E-state index contributed by atoms with van der Waals surface area (Å²) in [5.41, 5.74) is -1.67. The van der Waals surface area contributed by atoms with Crippen LogP contribution in [0.3, 0.4) is 0 Å². The summed E-state index contributed by atoms with van der Waals surface area (Å²) < 4.78 is 65.3. The number of nitrogens with one attached hydrogen (secondary N) is 2. The zero-order chi connectivity index (χ0) is 19.0. The SMILES string of the molecule is CC1(S(=O)(=O)Nc2cc(C(F)(F)F)ccc2C(=O)NC23CC(C2)C3)CC1. The molecular formula is C17H19F3N2O3S. The molecule has 4 aliphatic rings. The van der Waals surface area contributed by atoms with E-state index in [1.54, 1.807) is 0 Å². The Bertz CT molecular complexity index is 874. The van der Waals surface area contributed by atoms with E-state index >= 15 is 0 Å². The van der Waals surface area contributed by atoms with Crippen LogP contribution in [0.25, 0.3) is 0 Å². The normalized spacial score (nSPS) is 28.5. The van der Waals surface area contributed by atoms with Crippen LogP contribution in [-0.2, 0) is 16.2 Å². The van der Waals surface area contributed by atoms with Gasteiger partial charge in [0.15, 0.2) is 0 Å². The summed E-state index contributed by atoms with van der Waals surface area (Å²) in [6.07, 6.45) is -1.14. The van der Waals surface area contributed by atoms with Crippen molar-refractivity contribution in [1.82, 2.24) is 5.32 Å². The van der Waals surface area contributed by atoms with E-state index in [4.69, 9.17) is 0 Å². The highest BCUT2D eigenvalue weighted by Gasteiger charge is 2.57. The smallest absolute Gasteiger partial charge is 0.347 e. The van der Waals surface area contributed by atoms with Crippen LogP contribution < -0.4 is 10.0 Å². The predicted octanol–water partition coefficient (Wildman–Crippen LogP) is 3.28. The lowest BCUT2D eigenvalue weighted by Gasteiger charge is -2.61. The average Bonchev–Trinajstić information content (AvgIpc) is 3.19. The van der Waals surface area contributed by atoms with Gasteiger partial charge in [0.25, 0.3) is 5.91 Å². The van der Waals surface area contributed by atoms with Gasteiger partial charge < -0.3 is 5.32 Å². The van der Waals surface area contributed by atoms with Crippen LogP contribution >= 0.6 is 0 Å². The van der Waals surface area contributed by atoms with Crippen LogP contribution in [0.1, 0.15) is 54.9 Å². The Kier molecular flexibility index (Phi) is 3.49. The molecule has 0 spiro atoms. The molecule has 5 nitrogen and oxygen atoms in total. The number of alkyl halides is 3. The maximum atomic E-state index is 13.0. The fraction of sp³-hybridized carbons (Fsp3) is 0.588. The van der Waals surface area contributed by atoms with Gasteiger partial charge in [-0.2, -0.15) is 13.2 Å². The second-order valence-corrected chi connectivity index (χ2v) is 10.2. The quantitative estimate of drug-likeness (QED) is 0.813. The number of carbonyl (C=O) groups is 1. The Hall–Kier alpha value is -1.77. The van der Waals surface area contributed by atoms with Gasteiger partial charge in [-0.1, -0.05) is 0 Å². The highest BCUT2D eigenvalue weighted by molar-refractivity contribution is 7.94. The molecular weight excluding hydrogens is 369 g/mol. The molecule has 5 rings (SSSR count). The number of amides is 1. The van der Waals surface area contributed by atoms with Crippen molar-refractivity contribution in [3.8, 4) is 0 Å². The van der Waals surface area contributed by atoms with Gasteiger partial charge in [-0.05, 0) is 63.1 Å². The Morgan fingerprint density at radius 1 is 1.19 bits per heavy atom. The first-order valence-electron chi connectivity index (χ1n) is 8.49. The zero-order valence-electron chi connectivity index (χ0n) is 14.1. The lowest BCUT2D eigenvalue weighted by Crippen LogP contribution is -2.68. The van der Waals surface area contributed by atoms with Crippen molar-refractivity contribution < 1.29 is 26.4 Å². The molecule has 26 heavy (non-hydrogen) atoms. The number of rotatable bonds is 5. The number of halogens is 3. The minimum absolute atomic E-state index is 0.0875. The second kappa shape index (κ2) is 5.15. The van der Waals surface area contributed by atoms with Crippen molar-refractivity contribution in [2.24, 2.45) is 5.92 Å². The molecule has 2 bridgehead atoms. The predicted molar refractivity (Wildman–Crippen MR) is 89.2 cm³/mol. The number of benzene rings is 1. The van der Waals surface area contributed by atoms with Gasteiger partial charge in [-0.25, -0.2) is 8.42 Å². The van der Waals surface area contributed by atoms with Crippen LogP contribution in [-0.4, -0.2) is 24.6 Å². The molecule has 4 aliphatic carbocycles. The first-order chi connectivity index (χ1) is 11.9. The van der Waals surface area contributed by atoms with Crippen molar-refractivity contribution in [3.63, 3.8) is 0 Å². The summed E-state index contributed by atoms with van der Waals surface area (Å²) in [6.45, 7) is 1.53. The Morgan fingerprint density at radius 3 is 2.27 bits per heavy atom. The third-order valence-electron chi connectivity index (χ3n) is 5.86. The number of hydrogen-bond donors (Lipinski definition) is 2. The van der Waals surface area contributed by atoms with E-state index in [9.17, 15) is 26.4 Å². The maximum absolute atomic E-state index is 13.0. The first-order valence-corrected chi connectivity index (χ1v) is 9.98. The van der Waals surface area contributed by atoms with Crippen molar-refractivity contribution in [3.05, 3.63) is 29.3 Å². The second-order valence-electron chi connectivity index (χ2n) is 8.03. The monoisotopic (exact) mass is 388 g/mol. The summed E-state index contributed by atoms with van der Waals surface area (Å²) in [5.74, 6) is 0.0752. The first kappa shape index (κ1) is 17.6. The molecule has 4 fully saturated rings. The van der Waals surface area contributed by atoms with Crippen LogP contribution in [0.4, 0.5) is 18.9 Å². The van der Waals surface area contributed by atoms with E-state index in [0.717, 1.165) is 31.4 Å². The fourth-order valence-corrected chi connectivity index (χ4v) is 5.00. The topological polar surface area (TPSA) is 75.3 Å². The zero-order valence-corrected chi connectivity index (χ0v) is 14.9. The third-order valence-corrected chi connectivity index (χ3v) is 8.05. The molecule has 4 saturated carbocycles. The highest BCUT2D eigenvalue weighted by atomic mass is 32.2. The van der Waals surface area contributed by atoms with Gasteiger partial charge in [-0.15, -0.1) is 0 Å². The number of sulfonamides is 1. The fourth-order valence-electron chi connectivity index (χ4n) is 3.66. The van der Waals surface area contributed by atoms with Crippen molar-refractivity contribution in [2.45, 2.75) is 55.5 Å². The van der Waals surface area contributed by atoms with Gasteiger partial charge >= 0.3 is 6.18 Å². The van der Waals surface area contributed by atoms with E-state index in [1.807, 2.05) is 0 Å². The molecule has 142 valence electrons. The van der Waals surface area contributed by atoms with E-state index in [2.05, 4.69) is 10.0 Å². The molecule has 0 heterocycles. The van der Waals surface area contributed by atoms with E-state index in [-0.39, 0.29) is 16.8 Å². The molecule has 0 aromatic heterocycles. The van der Waals surface area contributed by atoms with Gasteiger partial charge in [0.05, 0.1) is 21.6 Å². The molecule has 1 aromatic carbocycles. The van der Waals surface area contributed by atoms with Crippen LogP contribution in [0.2, 0.25) is 0 Å². The van der Waals surface area contributed by atoms with Crippen LogP contribution in [0.15, 0.2) is 18.2 Å². The lowest BCUT2D eigenvalue weighted by atomic mass is 9.50. The van der Waals surface area contributed by atoms with Crippen LogP contribution in [0.5, 0.6) is 0 Å². The maximum Gasteiger partial charge on any atom is 0.416 e. The third kappa shape index (κ3) is 2.76. The van der Waals surface area contributed by atoms with E-state index in [0.29, 0.717) is 24.8 Å². The van der Waals surface area contributed by atoms with E-state index in [1.165, 1.54) is 6.92 Å². The molecule has 0 saturated heterocycles. The van der Waals surface area contributed by atoms with Crippen LogP contribution in [0, 0.1) is 5.92 Å². The summed E-state index contributed by atoms with van der Waals surface area (Å²) >= 11 is 0. The van der Waals surface area contributed by atoms with Gasteiger partial charge in [0.1, 0.15) is 0 Å². The largest absolute Gasteiger partial charge is 0.416 e. The summed E-state index contributed by atoms with van der Waals surface area (Å²) in [6, 6.07) is 2.53. The molecule has 9 heteroatoms. The standard InChI is InChI=1S/C17H19F3N2O3S/c1-15(4-5-15)26(24,25)22-13-6-11(17(18,19)20)2-3-12(13)14(23)21-16-7-10(8-16)9-16/h2-3,6,10,22H,4-5,7-9H2,1H3,(H,21,23). The summed E-state index contributed by atoms with van der Waals surface area (Å²) in [4.78, 5) is 12.6. The molecule has 1 amide bonds. The molecule has 0 radical (unpaired) electrons. The minimum atomic E-state index is -4.63. The minimum Gasteiger partial charge on any atom is -0.347 e. The molecule has 0 aliphatic heterocycles. The Morgan fingerprint density at radius 2 is 1.81 bits per heavy atom. The average molecular weight is 388 g/mol. The molecule has 0 unspecified atom stereocenters. The lowest BCUT2D eigenvalue weighted by molar-refractivity contribution is -0.137. The molecule has 1 aromatic rings. The van der Waals surface area contributed by atoms with Gasteiger partial charge in [0.2, 0.25) is 10.0 Å². The Labute approximate surface area is 149 Å². The molecule has 2 N–H and O–H groups in total. The van der Waals surface area contributed by atoms with Gasteiger partial charge in [-0.3, -0.25) is 9.52 Å². The van der Waals surface area contributed by atoms with Crippen molar-refractivity contribution in [2.75, 3.05) is 4.72 Å². The number of anilines is 1.